The van der Waals surface area contributed by atoms with Gasteiger partial charge in [0.1, 0.15) is 0 Å². The summed E-state index contributed by atoms with van der Waals surface area (Å²) in [5.74, 6) is 0.700. The number of aromatic amines is 1. The number of hydrogen-bond acceptors (Lipinski definition) is 3. The van der Waals surface area contributed by atoms with E-state index in [-0.39, 0.29) is 0 Å². The highest BCUT2D eigenvalue weighted by Gasteiger charge is 2.27. The maximum Gasteiger partial charge on any atom is 0.0492 e. The van der Waals surface area contributed by atoms with Crippen molar-refractivity contribution in [2.45, 2.75) is 26.4 Å². The van der Waals surface area contributed by atoms with Gasteiger partial charge in [0, 0.05) is 44.1 Å². The summed E-state index contributed by atoms with van der Waals surface area (Å²) in [4.78, 5) is 4.99. The van der Waals surface area contributed by atoms with Gasteiger partial charge >= 0.3 is 0 Å². The van der Waals surface area contributed by atoms with Crippen molar-refractivity contribution in [3.8, 4) is 0 Å². The molecule has 0 bridgehead atoms. The van der Waals surface area contributed by atoms with Gasteiger partial charge in [0.15, 0.2) is 0 Å². The summed E-state index contributed by atoms with van der Waals surface area (Å²) in [7, 11) is 2.21. The van der Waals surface area contributed by atoms with E-state index in [1.807, 2.05) is 6.20 Å². The van der Waals surface area contributed by atoms with Crippen molar-refractivity contribution in [1.29, 1.82) is 0 Å². The molecule has 1 atom stereocenters. The summed E-state index contributed by atoms with van der Waals surface area (Å²) in [6, 6.07) is 2.72. The molecule has 0 aliphatic carbocycles. The second-order valence-corrected chi connectivity index (χ2v) is 5.13. The molecular formula is C12H22N4. The van der Waals surface area contributed by atoms with Crippen LogP contribution in [0.3, 0.4) is 0 Å². The maximum atomic E-state index is 4.01. The van der Waals surface area contributed by atoms with Crippen LogP contribution in [-0.2, 0) is 6.54 Å². The van der Waals surface area contributed by atoms with E-state index in [1.165, 1.54) is 12.2 Å². The summed E-state index contributed by atoms with van der Waals surface area (Å²) >= 11 is 0. The van der Waals surface area contributed by atoms with Crippen molar-refractivity contribution in [2.75, 3.05) is 26.7 Å². The lowest BCUT2D eigenvalue weighted by molar-refractivity contribution is 0.0561. The third kappa shape index (κ3) is 2.62. The largest absolute Gasteiger partial charge is 0.304 e. The summed E-state index contributed by atoms with van der Waals surface area (Å²) in [6.07, 6.45) is 1.83. The van der Waals surface area contributed by atoms with Gasteiger partial charge in [0.05, 0.1) is 0 Å². The summed E-state index contributed by atoms with van der Waals surface area (Å²) in [5, 5.41) is 7.06. The summed E-state index contributed by atoms with van der Waals surface area (Å²) in [6.45, 7) is 9.10. The normalized spacial score (nSPS) is 24.1. The van der Waals surface area contributed by atoms with Gasteiger partial charge in [0.25, 0.3) is 0 Å². The predicted molar refractivity (Wildman–Crippen MR) is 65.1 cm³/mol. The Balaban J connectivity index is 2.01. The Morgan fingerprint density at radius 3 is 2.94 bits per heavy atom. The third-order valence-electron chi connectivity index (χ3n) is 3.44. The Morgan fingerprint density at radius 2 is 2.31 bits per heavy atom. The third-order valence-corrected chi connectivity index (χ3v) is 3.44. The van der Waals surface area contributed by atoms with Gasteiger partial charge in [-0.15, -0.1) is 0 Å². The molecule has 1 aliphatic rings. The first-order valence-electron chi connectivity index (χ1n) is 6.07. The van der Waals surface area contributed by atoms with Crippen LogP contribution in [0.15, 0.2) is 12.3 Å². The van der Waals surface area contributed by atoms with Crippen molar-refractivity contribution in [3.63, 3.8) is 0 Å². The van der Waals surface area contributed by atoms with Crippen LogP contribution in [0.4, 0.5) is 0 Å². The van der Waals surface area contributed by atoms with Gasteiger partial charge in [-0.2, -0.15) is 5.10 Å². The van der Waals surface area contributed by atoms with Crippen LogP contribution in [0.2, 0.25) is 0 Å². The monoisotopic (exact) mass is 222 g/mol. The number of nitrogens with one attached hydrogen (secondary N) is 1. The van der Waals surface area contributed by atoms with Crippen LogP contribution in [0, 0.1) is 5.92 Å². The van der Waals surface area contributed by atoms with E-state index in [0.29, 0.717) is 12.0 Å². The molecule has 0 unspecified atom stereocenters. The zero-order chi connectivity index (χ0) is 11.5. The lowest BCUT2D eigenvalue weighted by Crippen LogP contribution is -2.53. The molecule has 1 N–H and O–H groups in total. The van der Waals surface area contributed by atoms with E-state index in [4.69, 9.17) is 0 Å². The fraction of sp³-hybridized carbons (Fsp3) is 0.750. The standard InChI is InChI=1S/C12H22N4/c1-10(2)12-9-15(3)6-7-16(12)8-11-4-5-13-14-11/h4-5,10,12H,6-9H2,1-3H3,(H,13,14)/t12-/m1/s1. The van der Waals surface area contributed by atoms with Crippen LogP contribution < -0.4 is 0 Å². The van der Waals surface area contributed by atoms with Gasteiger partial charge in [-0.1, -0.05) is 13.8 Å². The van der Waals surface area contributed by atoms with Gasteiger partial charge < -0.3 is 4.90 Å². The minimum Gasteiger partial charge on any atom is -0.304 e. The second kappa shape index (κ2) is 4.97. The van der Waals surface area contributed by atoms with E-state index < -0.39 is 0 Å². The van der Waals surface area contributed by atoms with E-state index >= 15 is 0 Å². The molecule has 1 fully saturated rings. The molecule has 2 heterocycles. The molecule has 90 valence electrons. The van der Waals surface area contributed by atoms with E-state index in [1.54, 1.807) is 0 Å². The lowest BCUT2D eigenvalue weighted by atomic mass is 9.99. The van der Waals surface area contributed by atoms with E-state index in [2.05, 4.69) is 47.0 Å². The topological polar surface area (TPSA) is 35.2 Å². The molecule has 16 heavy (non-hydrogen) atoms. The fourth-order valence-corrected chi connectivity index (χ4v) is 2.41. The minimum atomic E-state index is 0.655. The number of likely N-dealkylation sites (N-methyl/N-ethyl adjacent to an activating group) is 1. The molecule has 1 aromatic rings. The second-order valence-electron chi connectivity index (χ2n) is 5.13. The van der Waals surface area contributed by atoms with Crippen LogP contribution in [0.25, 0.3) is 0 Å². The zero-order valence-corrected chi connectivity index (χ0v) is 10.5. The first-order valence-corrected chi connectivity index (χ1v) is 6.07. The fourth-order valence-electron chi connectivity index (χ4n) is 2.41. The molecule has 1 aromatic heterocycles. The summed E-state index contributed by atoms with van der Waals surface area (Å²) < 4.78 is 0. The molecule has 4 heteroatoms. The molecule has 1 saturated heterocycles. The van der Waals surface area contributed by atoms with Gasteiger partial charge in [-0.25, -0.2) is 0 Å². The Bertz CT molecular complexity index is 307. The Hall–Kier alpha value is -0.870. The molecule has 0 aromatic carbocycles. The van der Waals surface area contributed by atoms with Crippen LogP contribution in [0.5, 0.6) is 0 Å². The predicted octanol–water partition coefficient (Wildman–Crippen LogP) is 1.18. The Labute approximate surface area is 97.6 Å². The highest BCUT2D eigenvalue weighted by Crippen LogP contribution is 2.18. The summed E-state index contributed by atoms with van der Waals surface area (Å²) in [5.41, 5.74) is 1.22. The van der Waals surface area contributed by atoms with Crippen LogP contribution in [0.1, 0.15) is 19.5 Å². The van der Waals surface area contributed by atoms with Gasteiger partial charge in [-0.05, 0) is 19.0 Å². The molecule has 0 saturated carbocycles. The van der Waals surface area contributed by atoms with Gasteiger partial charge in [-0.3, -0.25) is 10.00 Å². The smallest absolute Gasteiger partial charge is 0.0492 e. The molecule has 4 nitrogen and oxygen atoms in total. The number of piperazine rings is 1. The Kier molecular flexibility index (Phi) is 3.61. The van der Waals surface area contributed by atoms with Crippen molar-refractivity contribution in [3.05, 3.63) is 18.0 Å². The highest BCUT2D eigenvalue weighted by atomic mass is 15.3. The van der Waals surface area contributed by atoms with Crippen molar-refractivity contribution >= 4 is 0 Å². The number of H-pyrrole nitrogens is 1. The minimum absolute atomic E-state index is 0.655. The Morgan fingerprint density at radius 1 is 1.50 bits per heavy atom. The SMILES string of the molecule is CC(C)[C@H]1CN(C)CCN1Cc1ccn[nH]1. The quantitative estimate of drug-likeness (QED) is 0.834. The zero-order valence-electron chi connectivity index (χ0n) is 10.5. The number of nitrogens with zero attached hydrogens (tertiary/aromatic N) is 3. The lowest BCUT2D eigenvalue weighted by Gasteiger charge is -2.42. The molecule has 1 aliphatic heterocycles. The number of rotatable bonds is 3. The first-order chi connectivity index (χ1) is 7.66. The number of hydrogen-bond donors (Lipinski definition) is 1. The first kappa shape index (κ1) is 11.6. The van der Waals surface area contributed by atoms with Crippen LogP contribution >= 0.6 is 0 Å². The van der Waals surface area contributed by atoms with E-state index in [9.17, 15) is 0 Å². The molecule has 0 radical (unpaired) electrons. The van der Waals surface area contributed by atoms with Crippen molar-refractivity contribution in [1.82, 2.24) is 20.0 Å². The number of aromatic nitrogens is 2. The van der Waals surface area contributed by atoms with Crippen LogP contribution in [-0.4, -0.2) is 52.7 Å². The molecule has 0 amide bonds. The van der Waals surface area contributed by atoms with Gasteiger partial charge in [0.2, 0.25) is 0 Å². The average molecular weight is 222 g/mol. The molecule has 2 rings (SSSR count). The highest BCUT2D eigenvalue weighted by molar-refractivity contribution is 4.99. The molecular weight excluding hydrogens is 200 g/mol. The maximum absolute atomic E-state index is 4.01. The average Bonchev–Trinajstić information content (AvgIpc) is 2.73. The van der Waals surface area contributed by atoms with E-state index in [0.717, 1.165) is 19.6 Å². The van der Waals surface area contributed by atoms with Crippen molar-refractivity contribution < 1.29 is 0 Å². The van der Waals surface area contributed by atoms with Crippen molar-refractivity contribution in [2.24, 2.45) is 5.92 Å². The molecule has 0 spiro atoms.